The SMILES string of the molecule is CCN(CC)C(=O)C1CCN(C(=O)C2CCCN(C(=O)OC(C)(C)C)C2)CC1. The third-order valence-electron chi connectivity index (χ3n) is 5.65. The second kappa shape index (κ2) is 9.61. The van der Waals surface area contributed by atoms with E-state index in [1.165, 1.54) is 0 Å². The minimum Gasteiger partial charge on any atom is -0.444 e. The van der Waals surface area contributed by atoms with Crippen molar-refractivity contribution in [3.8, 4) is 0 Å². The molecule has 0 aromatic carbocycles. The predicted molar refractivity (Wildman–Crippen MR) is 108 cm³/mol. The molecule has 2 aliphatic heterocycles. The average Bonchev–Trinajstić information content (AvgIpc) is 2.67. The van der Waals surface area contributed by atoms with E-state index in [4.69, 9.17) is 4.74 Å². The number of carbonyl (C=O) groups excluding carboxylic acids is 3. The molecule has 160 valence electrons. The molecule has 7 heteroatoms. The Bertz CT molecular complexity index is 560. The van der Waals surface area contributed by atoms with Crippen LogP contribution in [0, 0.1) is 11.8 Å². The molecule has 2 rings (SSSR count). The van der Waals surface area contributed by atoms with Crippen molar-refractivity contribution < 1.29 is 19.1 Å². The van der Waals surface area contributed by atoms with Gasteiger partial charge < -0.3 is 19.4 Å². The number of hydrogen-bond acceptors (Lipinski definition) is 4. The van der Waals surface area contributed by atoms with Crippen molar-refractivity contribution in [3.63, 3.8) is 0 Å². The van der Waals surface area contributed by atoms with E-state index < -0.39 is 5.60 Å². The van der Waals surface area contributed by atoms with Gasteiger partial charge in [-0.25, -0.2) is 4.79 Å². The summed E-state index contributed by atoms with van der Waals surface area (Å²) in [6.07, 6.45) is 2.73. The molecule has 3 amide bonds. The first-order valence-electron chi connectivity index (χ1n) is 10.7. The number of nitrogens with zero attached hydrogens (tertiary/aromatic N) is 3. The fraction of sp³-hybridized carbons (Fsp3) is 0.857. The second-order valence-electron chi connectivity index (χ2n) is 8.88. The van der Waals surface area contributed by atoms with E-state index in [1.54, 1.807) is 4.90 Å². The van der Waals surface area contributed by atoms with Crippen LogP contribution in [0.2, 0.25) is 0 Å². The van der Waals surface area contributed by atoms with Crippen molar-refractivity contribution in [1.29, 1.82) is 0 Å². The van der Waals surface area contributed by atoms with E-state index in [0.29, 0.717) is 26.2 Å². The normalized spacial score (nSPS) is 21.4. The number of hydrogen-bond donors (Lipinski definition) is 0. The number of carbonyl (C=O) groups is 3. The highest BCUT2D eigenvalue weighted by molar-refractivity contribution is 5.82. The lowest BCUT2D eigenvalue weighted by atomic mass is 9.92. The van der Waals surface area contributed by atoms with Gasteiger partial charge in [0.15, 0.2) is 0 Å². The Kier molecular flexibility index (Phi) is 7.72. The summed E-state index contributed by atoms with van der Waals surface area (Å²) in [6.45, 7) is 13.3. The molecular weight excluding hydrogens is 358 g/mol. The topological polar surface area (TPSA) is 70.2 Å². The van der Waals surface area contributed by atoms with Crippen molar-refractivity contribution in [2.45, 2.75) is 65.9 Å². The molecule has 0 N–H and O–H groups in total. The first-order chi connectivity index (χ1) is 13.2. The van der Waals surface area contributed by atoms with Crippen LogP contribution in [0.3, 0.4) is 0 Å². The minimum atomic E-state index is -0.534. The molecule has 7 nitrogen and oxygen atoms in total. The summed E-state index contributed by atoms with van der Waals surface area (Å²) in [5.41, 5.74) is -0.534. The first-order valence-corrected chi connectivity index (χ1v) is 10.7. The van der Waals surface area contributed by atoms with Crippen molar-refractivity contribution in [2.24, 2.45) is 11.8 Å². The molecule has 2 saturated heterocycles. The van der Waals surface area contributed by atoms with E-state index in [2.05, 4.69) is 0 Å². The van der Waals surface area contributed by atoms with Crippen LogP contribution >= 0.6 is 0 Å². The van der Waals surface area contributed by atoms with Crippen LogP contribution in [0.5, 0.6) is 0 Å². The van der Waals surface area contributed by atoms with Crippen molar-refractivity contribution >= 4 is 17.9 Å². The van der Waals surface area contributed by atoms with E-state index in [1.807, 2.05) is 44.4 Å². The van der Waals surface area contributed by atoms with Gasteiger partial charge in [0.2, 0.25) is 11.8 Å². The van der Waals surface area contributed by atoms with E-state index in [9.17, 15) is 14.4 Å². The summed E-state index contributed by atoms with van der Waals surface area (Å²) in [5, 5.41) is 0. The molecule has 0 saturated carbocycles. The molecule has 0 aromatic heterocycles. The number of rotatable bonds is 4. The highest BCUT2D eigenvalue weighted by atomic mass is 16.6. The Balaban J connectivity index is 1.87. The Morgan fingerprint density at radius 1 is 0.929 bits per heavy atom. The standard InChI is InChI=1S/C21H37N3O4/c1-6-22(7-2)18(25)16-10-13-23(14-11-16)19(26)17-9-8-12-24(15-17)20(27)28-21(3,4)5/h16-17H,6-15H2,1-5H3. The lowest BCUT2D eigenvalue weighted by Crippen LogP contribution is -2.50. The molecule has 0 radical (unpaired) electrons. The Morgan fingerprint density at radius 3 is 2.07 bits per heavy atom. The largest absolute Gasteiger partial charge is 0.444 e. The van der Waals surface area contributed by atoms with Gasteiger partial charge in [-0.05, 0) is 60.3 Å². The van der Waals surface area contributed by atoms with Gasteiger partial charge in [-0.2, -0.15) is 0 Å². The molecular formula is C21H37N3O4. The van der Waals surface area contributed by atoms with Gasteiger partial charge in [-0.3, -0.25) is 9.59 Å². The highest BCUT2D eigenvalue weighted by Gasteiger charge is 2.35. The molecule has 1 atom stereocenters. The molecule has 2 heterocycles. The molecule has 28 heavy (non-hydrogen) atoms. The maximum Gasteiger partial charge on any atom is 0.410 e. The van der Waals surface area contributed by atoms with Gasteiger partial charge in [-0.1, -0.05) is 0 Å². The Morgan fingerprint density at radius 2 is 1.54 bits per heavy atom. The van der Waals surface area contributed by atoms with Crippen LogP contribution in [0.1, 0.15) is 60.3 Å². The number of likely N-dealkylation sites (tertiary alicyclic amines) is 2. The predicted octanol–water partition coefficient (Wildman–Crippen LogP) is 2.74. The smallest absolute Gasteiger partial charge is 0.410 e. The van der Waals surface area contributed by atoms with E-state index in [0.717, 1.165) is 38.8 Å². The van der Waals surface area contributed by atoms with Gasteiger partial charge in [0.1, 0.15) is 5.60 Å². The van der Waals surface area contributed by atoms with Crippen LogP contribution in [-0.2, 0) is 14.3 Å². The summed E-state index contributed by atoms with van der Waals surface area (Å²) in [5.74, 6) is 0.178. The van der Waals surface area contributed by atoms with Crippen molar-refractivity contribution in [1.82, 2.24) is 14.7 Å². The molecule has 0 aromatic rings. The molecule has 2 fully saturated rings. The Hall–Kier alpha value is -1.79. The summed E-state index contributed by atoms with van der Waals surface area (Å²) in [7, 11) is 0. The zero-order valence-electron chi connectivity index (χ0n) is 18.2. The number of piperidine rings is 2. The second-order valence-corrected chi connectivity index (χ2v) is 8.88. The summed E-state index contributed by atoms with van der Waals surface area (Å²) >= 11 is 0. The van der Waals surface area contributed by atoms with Gasteiger partial charge in [0.05, 0.1) is 5.92 Å². The molecule has 0 aliphatic carbocycles. The van der Waals surface area contributed by atoms with Gasteiger partial charge >= 0.3 is 6.09 Å². The summed E-state index contributed by atoms with van der Waals surface area (Å²) < 4.78 is 5.45. The maximum atomic E-state index is 13.0. The maximum absolute atomic E-state index is 13.0. The van der Waals surface area contributed by atoms with Gasteiger partial charge in [0, 0.05) is 45.2 Å². The van der Waals surface area contributed by atoms with Crippen LogP contribution < -0.4 is 0 Å². The molecule has 2 aliphatic rings. The fourth-order valence-electron chi connectivity index (χ4n) is 4.07. The lowest BCUT2D eigenvalue weighted by molar-refractivity contribution is -0.143. The molecule has 0 bridgehead atoms. The molecule has 1 unspecified atom stereocenters. The summed E-state index contributed by atoms with van der Waals surface area (Å²) in [6, 6.07) is 0. The zero-order chi connectivity index (χ0) is 20.9. The first kappa shape index (κ1) is 22.5. The van der Waals surface area contributed by atoms with Crippen molar-refractivity contribution in [2.75, 3.05) is 39.3 Å². The monoisotopic (exact) mass is 395 g/mol. The average molecular weight is 396 g/mol. The zero-order valence-corrected chi connectivity index (χ0v) is 18.2. The number of amides is 3. The fourth-order valence-corrected chi connectivity index (χ4v) is 4.07. The number of ether oxygens (including phenoxy) is 1. The van der Waals surface area contributed by atoms with Crippen LogP contribution in [-0.4, -0.2) is 77.5 Å². The third-order valence-corrected chi connectivity index (χ3v) is 5.65. The van der Waals surface area contributed by atoms with E-state index >= 15 is 0 Å². The van der Waals surface area contributed by atoms with Gasteiger partial charge in [0.25, 0.3) is 0 Å². The molecule has 0 spiro atoms. The van der Waals surface area contributed by atoms with Crippen LogP contribution in [0.4, 0.5) is 4.79 Å². The minimum absolute atomic E-state index is 0.0218. The highest BCUT2D eigenvalue weighted by Crippen LogP contribution is 2.25. The van der Waals surface area contributed by atoms with Crippen molar-refractivity contribution in [3.05, 3.63) is 0 Å². The lowest BCUT2D eigenvalue weighted by Gasteiger charge is -2.38. The quantitative estimate of drug-likeness (QED) is 0.734. The van der Waals surface area contributed by atoms with Crippen LogP contribution in [0.15, 0.2) is 0 Å². The van der Waals surface area contributed by atoms with Gasteiger partial charge in [-0.15, -0.1) is 0 Å². The summed E-state index contributed by atoms with van der Waals surface area (Å²) in [4.78, 5) is 43.3. The Labute approximate surface area is 169 Å². The van der Waals surface area contributed by atoms with Crippen LogP contribution in [0.25, 0.3) is 0 Å². The third kappa shape index (κ3) is 5.85. The van der Waals surface area contributed by atoms with E-state index in [-0.39, 0.29) is 29.7 Å².